The molecule has 0 aromatic heterocycles. The van der Waals surface area contributed by atoms with Crippen LogP contribution in [0, 0.1) is 12.8 Å². The zero-order chi connectivity index (χ0) is 12.7. The van der Waals surface area contributed by atoms with E-state index in [0.29, 0.717) is 6.04 Å². The second kappa shape index (κ2) is 7.78. The van der Waals surface area contributed by atoms with E-state index in [2.05, 4.69) is 45.0 Å². The van der Waals surface area contributed by atoms with Crippen molar-refractivity contribution in [3.05, 3.63) is 29.8 Å². The van der Waals surface area contributed by atoms with Crippen LogP contribution >= 0.6 is 11.8 Å². The second-order valence-corrected chi connectivity index (χ2v) is 6.11. The highest BCUT2D eigenvalue weighted by Crippen LogP contribution is 2.21. The van der Waals surface area contributed by atoms with E-state index in [1.54, 1.807) is 0 Å². The molecule has 2 atom stereocenters. The van der Waals surface area contributed by atoms with E-state index in [-0.39, 0.29) is 0 Å². The van der Waals surface area contributed by atoms with Gasteiger partial charge >= 0.3 is 0 Å². The molecule has 0 saturated heterocycles. The topological polar surface area (TPSA) is 26.0 Å². The number of hydrogen-bond donors (Lipinski definition) is 1. The molecular weight excluding hydrogens is 226 g/mol. The highest BCUT2D eigenvalue weighted by atomic mass is 32.2. The molecule has 17 heavy (non-hydrogen) atoms. The molecule has 0 radical (unpaired) electrons. The van der Waals surface area contributed by atoms with Crippen molar-refractivity contribution >= 4 is 11.8 Å². The minimum atomic E-state index is 0.322. The summed E-state index contributed by atoms with van der Waals surface area (Å²) in [6.45, 7) is 6.66. The molecule has 0 spiro atoms. The lowest BCUT2D eigenvalue weighted by molar-refractivity contribution is 0.450. The van der Waals surface area contributed by atoms with Crippen LogP contribution in [-0.2, 0) is 0 Å². The predicted molar refractivity (Wildman–Crippen MR) is 78.6 cm³/mol. The van der Waals surface area contributed by atoms with Crippen molar-refractivity contribution in [1.82, 2.24) is 0 Å². The first kappa shape index (κ1) is 14.6. The van der Waals surface area contributed by atoms with Gasteiger partial charge in [0.1, 0.15) is 0 Å². The van der Waals surface area contributed by atoms with Crippen LogP contribution in [-0.4, -0.2) is 11.8 Å². The molecule has 0 bridgehead atoms. The third-order valence-corrected chi connectivity index (χ3v) is 4.17. The number of thioether (sulfide) groups is 1. The Morgan fingerprint density at radius 2 is 1.88 bits per heavy atom. The Kier molecular flexibility index (Phi) is 6.68. The fourth-order valence-corrected chi connectivity index (χ4v) is 2.90. The van der Waals surface area contributed by atoms with Gasteiger partial charge in [-0.1, -0.05) is 44.4 Å². The van der Waals surface area contributed by atoms with E-state index in [0.717, 1.165) is 18.1 Å². The van der Waals surface area contributed by atoms with E-state index in [1.165, 1.54) is 23.3 Å². The average Bonchev–Trinajstić information content (AvgIpc) is 2.28. The first-order valence-corrected chi connectivity index (χ1v) is 7.55. The minimum absolute atomic E-state index is 0.322. The van der Waals surface area contributed by atoms with Gasteiger partial charge in [-0.05, 0) is 31.4 Å². The van der Waals surface area contributed by atoms with Gasteiger partial charge in [0.05, 0.1) is 0 Å². The summed E-state index contributed by atoms with van der Waals surface area (Å²) in [5.74, 6) is 1.78. The van der Waals surface area contributed by atoms with Crippen LogP contribution in [0.25, 0.3) is 0 Å². The Hall–Kier alpha value is -0.470. The molecule has 1 rings (SSSR count). The van der Waals surface area contributed by atoms with Gasteiger partial charge in [0.2, 0.25) is 0 Å². The van der Waals surface area contributed by atoms with Crippen LogP contribution in [0.15, 0.2) is 29.2 Å². The number of rotatable bonds is 7. The van der Waals surface area contributed by atoms with Gasteiger partial charge in [-0.2, -0.15) is 0 Å². The molecule has 1 nitrogen and oxygen atoms in total. The third kappa shape index (κ3) is 6.13. The number of hydrogen-bond acceptors (Lipinski definition) is 2. The average molecular weight is 251 g/mol. The molecule has 0 aliphatic rings. The molecule has 0 amide bonds. The van der Waals surface area contributed by atoms with Crippen LogP contribution in [0.3, 0.4) is 0 Å². The van der Waals surface area contributed by atoms with Crippen molar-refractivity contribution in [2.24, 2.45) is 11.7 Å². The maximum atomic E-state index is 6.16. The first-order valence-electron chi connectivity index (χ1n) is 6.56. The molecule has 2 unspecified atom stereocenters. The fraction of sp³-hybridized carbons (Fsp3) is 0.600. The summed E-state index contributed by atoms with van der Waals surface area (Å²) in [4.78, 5) is 1.33. The minimum Gasteiger partial charge on any atom is -0.327 e. The molecule has 96 valence electrons. The van der Waals surface area contributed by atoms with Gasteiger partial charge in [0, 0.05) is 16.7 Å². The van der Waals surface area contributed by atoms with Crippen molar-refractivity contribution in [3.8, 4) is 0 Å². The summed E-state index contributed by atoms with van der Waals surface area (Å²) in [5, 5.41) is 0. The van der Waals surface area contributed by atoms with E-state index >= 15 is 0 Å². The van der Waals surface area contributed by atoms with Crippen molar-refractivity contribution in [2.75, 3.05) is 5.75 Å². The fourth-order valence-electron chi connectivity index (χ4n) is 2.03. The maximum Gasteiger partial charge on any atom is 0.0136 e. The third-order valence-electron chi connectivity index (χ3n) is 2.97. The van der Waals surface area contributed by atoms with Gasteiger partial charge < -0.3 is 5.73 Å². The Labute approximate surface area is 110 Å². The Morgan fingerprint density at radius 3 is 2.47 bits per heavy atom. The molecule has 0 heterocycles. The smallest absolute Gasteiger partial charge is 0.0136 e. The number of nitrogens with two attached hydrogens (primary N) is 1. The van der Waals surface area contributed by atoms with Gasteiger partial charge in [-0.15, -0.1) is 11.8 Å². The van der Waals surface area contributed by atoms with Crippen molar-refractivity contribution in [3.63, 3.8) is 0 Å². The SMILES string of the molecule is CCCC(C)CC(N)CSc1ccc(C)cc1. The monoisotopic (exact) mass is 251 g/mol. The van der Waals surface area contributed by atoms with Crippen molar-refractivity contribution in [1.29, 1.82) is 0 Å². The van der Waals surface area contributed by atoms with Crippen molar-refractivity contribution in [2.45, 2.75) is 51.0 Å². The molecule has 0 fully saturated rings. The molecule has 1 aromatic rings. The zero-order valence-corrected chi connectivity index (χ0v) is 12.1. The Morgan fingerprint density at radius 1 is 1.24 bits per heavy atom. The first-order chi connectivity index (χ1) is 8.11. The van der Waals surface area contributed by atoms with Crippen LogP contribution in [0.5, 0.6) is 0 Å². The summed E-state index contributed by atoms with van der Waals surface area (Å²) in [7, 11) is 0. The number of aryl methyl sites for hydroxylation is 1. The summed E-state index contributed by atoms with van der Waals surface area (Å²) >= 11 is 1.87. The lowest BCUT2D eigenvalue weighted by atomic mass is 9.99. The van der Waals surface area contributed by atoms with E-state index in [1.807, 2.05) is 11.8 Å². The molecule has 2 N–H and O–H groups in total. The molecule has 2 heteroatoms. The molecule has 0 saturated carbocycles. The summed E-state index contributed by atoms with van der Waals surface area (Å²) in [6.07, 6.45) is 3.70. The van der Waals surface area contributed by atoms with Crippen LogP contribution in [0.4, 0.5) is 0 Å². The molecule has 1 aromatic carbocycles. The van der Waals surface area contributed by atoms with Gasteiger partial charge in [-0.25, -0.2) is 0 Å². The highest BCUT2D eigenvalue weighted by molar-refractivity contribution is 7.99. The standard InChI is InChI=1S/C15H25NS/c1-4-5-13(3)10-14(16)11-17-15-8-6-12(2)7-9-15/h6-9,13-14H,4-5,10-11,16H2,1-3H3. The highest BCUT2D eigenvalue weighted by Gasteiger charge is 2.08. The quantitative estimate of drug-likeness (QED) is 0.733. The van der Waals surface area contributed by atoms with Crippen LogP contribution < -0.4 is 5.73 Å². The number of benzene rings is 1. The molecule has 0 aliphatic carbocycles. The second-order valence-electron chi connectivity index (χ2n) is 5.01. The van der Waals surface area contributed by atoms with Crippen LogP contribution in [0.2, 0.25) is 0 Å². The van der Waals surface area contributed by atoms with Gasteiger partial charge in [0.25, 0.3) is 0 Å². The van der Waals surface area contributed by atoms with Gasteiger partial charge in [0.15, 0.2) is 0 Å². The van der Waals surface area contributed by atoms with Crippen LogP contribution in [0.1, 0.15) is 38.7 Å². The van der Waals surface area contributed by atoms with Crippen molar-refractivity contribution < 1.29 is 0 Å². The summed E-state index contributed by atoms with van der Waals surface area (Å²) in [6, 6.07) is 9.01. The summed E-state index contributed by atoms with van der Waals surface area (Å²) in [5.41, 5.74) is 7.48. The predicted octanol–water partition coefficient (Wildman–Crippen LogP) is 4.24. The van der Waals surface area contributed by atoms with E-state index < -0.39 is 0 Å². The Bertz CT molecular complexity index is 307. The maximum absolute atomic E-state index is 6.16. The Balaban J connectivity index is 2.27. The lowest BCUT2D eigenvalue weighted by Gasteiger charge is -2.16. The molecular formula is C15H25NS. The van der Waals surface area contributed by atoms with E-state index in [9.17, 15) is 0 Å². The largest absolute Gasteiger partial charge is 0.327 e. The zero-order valence-electron chi connectivity index (χ0n) is 11.3. The summed E-state index contributed by atoms with van der Waals surface area (Å²) < 4.78 is 0. The molecule has 0 aliphatic heterocycles. The van der Waals surface area contributed by atoms with E-state index in [4.69, 9.17) is 5.73 Å². The lowest BCUT2D eigenvalue weighted by Crippen LogP contribution is -2.25. The van der Waals surface area contributed by atoms with Gasteiger partial charge in [-0.3, -0.25) is 0 Å². The normalized spacial score (nSPS) is 14.6.